The molecule has 1 aliphatic rings. The molecule has 0 amide bonds. The Labute approximate surface area is 122 Å². The SMILES string of the molecule is CCC1(C)CNC(C)(C)CN1Cc1cccc(Cl)c1. The van der Waals surface area contributed by atoms with Gasteiger partial charge in [0.1, 0.15) is 0 Å². The molecule has 1 fully saturated rings. The summed E-state index contributed by atoms with van der Waals surface area (Å²) in [7, 11) is 0. The molecular weight excluding hydrogens is 256 g/mol. The Hall–Kier alpha value is -0.570. The molecule has 0 saturated carbocycles. The maximum absolute atomic E-state index is 6.09. The first-order valence-electron chi connectivity index (χ1n) is 7.09. The minimum absolute atomic E-state index is 0.174. The Morgan fingerprint density at radius 2 is 2.05 bits per heavy atom. The predicted octanol–water partition coefficient (Wildman–Crippen LogP) is 3.69. The first-order valence-corrected chi connectivity index (χ1v) is 7.47. The van der Waals surface area contributed by atoms with E-state index in [0.717, 1.165) is 31.1 Å². The molecule has 1 atom stereocenters. The molecule has 3 heteroatoms. The molecule has 0 aromatic heterocycles. The van der Waals surface area contributed by atoms with Crippen LogP contribution in [0.1, 0.15) is 39.7 Å². The van der Waals surface area contributed by atoms with Gasteiger partial charge in [0.05, 0.1) is 0 Å². The highest BCUT2D eigenvalue weighted by Crippen LogP contribution is 2.28. The molecule has 0 aliphatic carbocycles. The van der Waals surface area contributed by atoms with Gasteiger partial charge in [0.15, 0.2) is 0 Å². The van der Waals surface area contributed by atoms with Crippen molar-refractivity contribution in [2.24, 2.45) is 0 Å². The van der Waals surface area contributed by atoms with E-state index in [1.165, 1.54) is 5.56 Å². The lowest BCUT2D eigenvalue weighted by molar-refractivity contribution is 0.0175. The molecule has 1 aromatic rings. The standard InChI is InChI=1S/C16H25ClN2/c1-5-16(4)11-18-15(2,3)12-19(16)10-13-7-6-8-14(17)9-13/h6-9,18H,5,10-12H2,1-4H3. The maximum Gasteiger partial charge on any atom is 0.0409 e. The first-order chi connectivity index (χ1) is 8.85. The van der Waals surface area contributed by atoms with Crippen molar-refractivity contribution in [3.05, 3.63) is 34.9 Å². The Bertz CT molecular complexity index is 444. The third kappa shape index (κ3) is 3.50. The third-order valence-corrected chi connectivity index (χ3v) is 4.56. The number of piperazine rings is 1. The Kier molecular flexibility index (Phi) is 4.24. The van der Waals surface area contributed by atoms with Crippen LogP contribution in [0.4, 0.5) is 0 Å². The van der Waals surface area contributed by atoms with Gasteiger partial charge < -0.3 is 5.32 Å². The van der Waals surface area contributed by atoms with E-state index in [-0.39, 0.29) is 11.1 Å². The van der Waals surface area contributed by atoms with E-state index >= 15 is 0 Å². The van der Waals surface area contributed by atoms with Crippen LogP contribution in [-0.2, 0) is 6.54 Å². The van der Waals surface area contributed by atoms with Gasteiger partial charge in [0, 0.05) is 35.7 Å². The number of rotatable bonds is 3. The fourth-order valence-electron chi connectivity index (χ4n) is 2.72. The molecule has 0 radical (unpaired) electrons. The molecular formula is C16H25ClN2. The van der Waals surface area contributed by atoms with Crippen molar-refractivity contribution in [2.75, 3.05) is 13.1 Å². The fraction of sp³-hybridized carbons (Fsp3) is 0.625. The van der Waals surface area contributed by atoms with Crippen LogP contribution in [0.2, 0.25) is 5.02 Å². The van der Waals surface area contributed by atoms with Crippen molar-refractivity contribution in [1.29, 1.82) is 0 Å². The molecule has 0 bridgehead atoms. The van der Waals surface area contributed by atoms with Gasteiger partial charge in [-0.05, 0) is 44.9 Å². The first kappa shape index (κ1) is 14.8. The molecule has 1 saturated heterocycles. The van der Waals surface area contributed by atoms with Crippen LogP contribution in [0.25, 0.3) is 0 Å². The summed E-state index contributed by atoms with van der Waals surface area (Å²) in [4.78, 5) is 2.59. The zero-order chi connectivity index (χ0) is 14.1. The van der Waals surface area contributed by atoms with Gasteiger partial charge in [0.2, 0.25) is 0 Å². The summed E-state index contributed by atoms with van der Waals surface area (Å²) in [6.07, 6.45) is 1.15. The summed E-state index contributed by atoms with van der Waals surface area (Å²) in [5.41, 5.74) is 1.69. The molecule has 1 N–H and O–H groups in total. The van der Waals surface area contributed by atoms with Crippen molar-refractivity contribution in [1.82, 2.24) is 10.2 Å². The number of halogens is 1. The zero-order valence-corrected chi connectivity index (χ0v) is 13.2. The van der Waals surface area contributed by atoms with Crippen molar-refractivity contribution in [2.45, 2.75) is 51.7 Å². The van der Waals surface area contributed by atoms with Gasteiger partial charge in [-0.15, -0.1) is 0 Å². The highest BCUT2D eigenvalue weighted by atomic mass is 35.5. The van der Waals surface area contributed by atoms with Crippen LogP contribution in [-0.4, -0.2) is 29.1 Å². The van der Waals surface area contributed by atoms with Gasteiger partial charge in [-0.25, -0.2) is 0 Å². The number of hydrogen-bond donors (Lipinski definition) is 1. The van der Waals surface area contributed by atoms with Crippen molar-refractivity contribution in [3.63, 3.8) is 0 Å². The van der Waals surface area contributed by atoms with Crippen molar-refractivity contribution < 1.29 is 0 Å². The van der Waals surface area contributed by atoms with E-state index in [0.29, 0.717) is 0 Å². The minimum Gasteiger partial charge on any atom is -0.309 e. The van der Waals surface area contributed by atoms with E-state index < -0.39 is 0 Å². The molecule has 1 aliphatic heterocycles. The summed E-state index contributed by atoms with van der Waals surface area (Å²) in [5, 5.41) is 4.48. The molecule has 106 valence electrons. The molecule has 1 aromatic carbocycles. The predicted molar refractivity (Wildman–Crippen MR) is 82.6 cm³/mol. The second-order valence-electron chi connectivity index (χ2n) is 6.57. The zero-order valence-electron chi connectivity index (χ0n) is 12.5. The second kappa shape index (κ2) is 5.43. The van der Waals surface area contributed by atoms with Crippen molar-refractivity contribution in [3.8, 4) is 0 Å². The maximum atomic E-state index is 6.09. The molecule has 2 rings (SSSR count). The van der Waals surface area contributed by atoms with E-state index in [2.05, 4.69) is 50.0 Å². The average Bonchev–Trinajstić information content (AvgIpc) is 2.34. The molecule has 1 heterocycles. The van der Waals surface area contributed by atoms with Crippen LogP contribution in [0.3, 0.4) is 0 Å². The van der Waals surface area contributed by atoms with E-state index in [1.807, 2.05) is 12.1 Å². The topological polar surface area (TPSA) is 15.3 Å². The van der Waals surface area contributed by atoms with Gasteiger partial charge in [-0.3, -0.25) is 4.90 Å². The van der Waals surface area contributed by atoms with Gasteiger partial charge >= 0.3 is 0 Å². The van der Waals surface area contributed by atoms with E-state index in [4.69, 9.17) is 11.6 Å². The number of nitrogens with one attached hydrogen (secondary N) is 1. The summed E-state index contributed by atoms with van der Waals surface area (Å²) >= 11 is 6.09. The van der Waals surface area contributed by atoms with Crippen LogP contribution >= 0.6 is 11.6 Å². The molecule has 2 nitrogen and oxygen atoms in total. The summed E-state index contributed by atoms with van der Waals surface area (Å²) in [6.45, 7) is 12.2. The summed E-state index contributed by atoms with van der Waals surface area (Å²) in [5.74, 6) is 0. The largest absolute Gasteiger partial charge is 0.309 e. The van der Waals surface area contributed by atoms with Crippen LogP contribution in [0, 0.1) is 0 Å². The Morgan fingerprint density at radius 1 is 1.32 bits per heavy atom. The minimum atomic E-state index is 0.174. The normalized spacial score (nSPS) is 27.4. The van der Waals surface area contributed by atoms with Gasteiger partial charge in [-0.1, -0.05) is 30.7 Å². The monoisotopic (exact) mass is 280 g/mol. The van der Waals surface area contributed by atoms with Gasteiger partial charge in [0.25, 0.3) is 0 Å². The second-order valence-corrected chi connectivity index (χ2v) is 7.01. The van der Waals surface area contributed by atoms with Crippen LogP contribution in [0.15, 0.2) is 24.3 Å². The van der Waals surface area contributed by atoms with Crippen LogP contribution < -0.4 is 5.32 Å². The fourth-order valence-corrected chi connectivity index (χ4v) is 2.93. The van der Waals surface area contributed by atoms with E-state index in [9.17, 15) is 0 Å². The number of benzene rings is 1. The van der Waals surface area contributed by atoms with Crippen LogP contribution in [0.5, 0.6) is 0 Å². The highest BCUT2D eigenvalue weighted by molar-refractivity contribution is 6.30. The number of hydrogen-bond acceptors (Lipinski definition) is 2. The number of nitrogens with zero attached hydrogens (tertiary/aromatic N) is 1. The molecule has 19 heavy (non-hydrogen) atoms. The summed E-state index contributed by atoms with van der Waals surface area (Å²) < 4.78 is 0. The third-order valence-electron chi connectivity index (χ3n) is 4.32. The van der Waals surface area contributed by atoms with E-state index in [1.54, 1.807) is 0 Å². The highest BCUT2D eigenvalue weighted by Gasteiger charge is 2.39. The lowest BCUT2D eigenvalue weighted by Crippen LogP contribution is -2.66. The average molecular weight is 281 g/mol. The van der Waals surface area contributed by atoms with Crippen molar-refractivity contribution >= 4 is 11.6 Å². The Balaban J connectivity index is 2.19. The quantitative estimate of drug-likeness (QED) is 0.908. The Morgan fingerprint density at radius 3 is 2.68 bits per heavy atom. The molecule has 0 spiro atoms. The lowest BCUT2D eigenvalue weighted by Gasteiger charge is -2.51. The molecule has 1 unspecified atom stereocenters. The smallest absolute Gasteiger partial charge is 0.0409 e. The lowest BCUT2D eigenvalue weighted by atomic mass is 9.87. The summed E-state index contributed by atoms with van der Waals surface area (Å²) in [6, 6.07) is 8.21. The van der Waals surface area contributed by atoms with Gasteiger partial charge in [-0.2, -0.15) is 0 Å².